The van der Waals surface area contributed by atoms with Gasteiger partial charge in [0.2, 0.25) is 0 Å². The number of carbonyl (C=O) groups excluding carboxylic acids is 2. The second kappa shape index (κ2) is 10.1. The number of urea groups is 1. The predicted octanol–water partition coefficient (Wildman–Crippen LogP) is 7.49. The van der Waals surface area contributed by atoms with Crippen LogP contribution in [-0.4, -0.2) is 24.3 Å². The number of anilines is 3. The van der Waals surface area contributed by atoms with E-state index in [2.05, 4.69) is 16.0 Å². The van der Waals surface area contributed by atoms with Gasteiger partial charge in [0, 0.05) is 28.2 Å². The molecule has 0 radical (unpaired) electrons. The maximum Gasteiger partial charge on any atom is 0.435 e. The summed E-state index contributed by atoms with van der Waals surface area (Å²) >= 11 is 0. The largest absolute Gasteiger partial charge is 0.435 e. The van der Waals surface area contributed by atoms with Crippen molar-refractivity contribution in [3.8, 4) is 0 Å². The van der Waals surface area contributed by atoms with E-state index in [4.69, 9.17) is 0 Å². The minimum absolute atomic E-state index is 0.0958. The first-order valence-corrected chi connectivity index (χ1v) is 10.6. The lowest BCUT2D eigenvalue weighted by Crippen LogP contribution is -2.50. The van der Waals surface area contributed by atoms with Crippen LogP contribution >= 0.6 is 0 Å². The Morgan fingerprint density at radius 3 is 1.68 bits per heavy atom. The van der Waals surface area contributed by atoms with Crippen LogP contribution in [0, 0.1) is 13.8 Å². The molecule has 3 aromatic rings. The topological polar surface area (TPSA) is 70.2 Å². The van der Waals surface area contributed by atoms with Crippen LogP contribution in [-0.2, 0) is 5.67 Å². The first-order chi connectivity index (χ1) is 17.1. The van der Waals surface area contributed by atoms with E-state index in [0.29, 0.717) is 23.4 Å². The van der Waals surface area contributed by atoms with Crippen molar-refractivity contribution in [2.24, 2.45) is 0 Å². The number of halogens is 7. The first kappa shape index (κ1) is 27.5. The maximum absolute atomic E-state index is 14.4. The Morgan fingerprint density at radius 2 is 1.16 bits per heavy atom. The number of rotatable bonds is 5. The molecule has 12 heteroatoms. The van der Waals surface area contributed by atoms with Gasteiger partial charge >= 0.3 is 24.1 Å². The Bertz CT molecular complexity index is 1270. The molecule has 0 spiro atoms. The summed E-state index contributed by atoms with van der Waals surface area (Å²) in [5.41, 5.74) is -6.78. The molecule has 196 valence electrons. The number of carbonyl (C=O) groups is 2. The fraction of sp³-hybridized carbons (Fsp3) is 0.200. The second-order valence-corrected chi connectivity index (χ2v) is 8.12. The van der Waals surface area contributed by atoms with Gasteiger partial charge in [0.1, 0.15) is 0 Å². The third kappa shape index (κ3) is 5.84. The molecule has 0 aliphatic rings. The average molecular weight is 527 g/mol. The van der Waals surface area contributed by atoms with Crippen molar-refractivity contribution in [2.75, 3.05) is 16.0 Å². The van der Waals surface area contributed by atoms with Crippen LogP contribution in [0.1, 0.15) is 27.0 Å². The van der Waals surface area contributed by atoms with Crippen molar-refractivity contribution in [1.82, 2.24) is 0 Å². The zero-order chi connectivity index (χ0) is 27.6. The third-order valence-electron chi connectivity index (χ3n) is 5.36. The highest BCUT2D eigenvalue weighted by molar-refractivity contribution is 6.05. The summed E-state index contributed by atoms with van der Waals surface area (Å²) in [5.74, 6) is -0.393. The molecule has 0 aromatic heterocycles. The van der Waals surface area contributed by atoms with Crippen LogP contribution in [0.15, 0.2) is 66.7 Å². The highest BCUT2D eigenvalue weighted by atomic mass is 19.4. The molecule has 0 aliphatic carbocycles. The van der Waals surface area contributed by atoms with Crippen molar-refractivity contribution < 1.29 is 40.3 Å². The number of benzene rings is 3. The van der Waals surface area contributed by atoms with E-state index in [1.807, 2.05) is 0 Å². The summed E-state index contributed by atoms with van der Waals surface area (Å²) in [6.45, 7) is 2.28. The molecule has 0 aliphatic heterocycles. The third-order valence-corrected chi connectivity index (χ3v) is 5.36. The van der Waals surface area contributed by atoms with Gasteiger partial charge in [0.05, 0.1) is 0 Å². The Labute approximate surface area is 206 Å². The first-order valence-electron chi connectivity index (χ1n) is 10.6. The standard InChI is InChI=1S/C25H20F7N3O2/c1-14-11-17(23(26,24(27,28)29)25(30,31)32)12-15(2)20(14)35-22(37)34-19-10-6-9-18(13-19)33-21(36)16-7-4-3-5-8-16/h3-13H,1-2H3,(H,33,36)(H2,34,35,37). The van der Waals surface area contributed by atoms with Gasteiger partial charge in [0.15, 0.2) is 0 Å². The van der Waals surface area contributed by atoms with Crippen molar-refractivity contribution in [1.29, 1.82) is 0 Å². The average Bonchev–Trinajstić information content (AvgIpc) is 2.80. The Hall–Kier alpha value is -4.09. The van der Waals surface area contributed by atoms with E-state index in [0.717, 1.165) is 13.8 Å². The molecular weight excluding hydrogens is 507 g/mol. The molecule has 0 bridgehead atoms. The van der Waals surface area contributed by atoms with Gasteiger partial charge in [-0.1, -0.05) is 36.4 Å². The van der Waals surface area contributed by atoms with E-state index in [9.17, 15) is 40.3 Å². The van der Waals surface area contributed by atoms with Gasteiger partial charge in [0.25, 0.3) is 5.91 Å². The molecule has 3 rings (SSSR count). The van der Waals surface area contributed by atoms with Gasteiger partial charge in [-0.05, 0) is 55.3 Å². The number of aryl methyl sites for hydroxylation is 2. The summed E-state index contributed by atoms with van der Waals surface area (Å²) in [4.78, 5) is 24.8. The van der Waals surface area contributed by atoms with Gasteiger partial charge < -0.3 is 16.0 Å². The van der Waals surface area contributed by atoms with Crippen LogP contribution in [0.3, 0.4) is 0 Å². The SMILES string of the molecule is Cc1cc(C(F)(C(F)(F)F)C(F)(F)F)cc(C)c1NC(=O)Nc1cccc(NC(=O)c2ccccc2)c1. The predicted molar refractivity (Wildman–Crippen MR) is 124 cm³/mol. The number of alkyl halides is 7. The number of nitrogens with one attached hydrogen (secondary N) is 3. The van der Waals surface area contributed by atoms with Crippen LogP contribution in [0.4, 0.5) is 52.6 Å². The van der Waals surface area contributed by atoms with Crippen molar-refractivity contribution in [3.05, 3.63) is 89.0 Å². The van der Waals surface area contributed by atoms with Gasteiger partial charge in [-0.2, -0.15) is 26.3 Å². The van der Waals surface area contributed by atoms with E-state index >= 15 is 0 Å². The highest BCUT2D eigenvalue weighted by Crippen LogP contribution is 2.53. The highest BCUT2D eigenvalue weighted by Gasteiger charge is 2.73. The molecule has 37 heavy (non-hydrogen) atoms. The number of hydrogen-bond donors (Lipinski definition) is 3. The molecule has 3 amide bonds. The molecule has 0 heterocycles. The molecule has 5 nitrogen and oxygen atoms in total. The minimum Gasteiger partial charge on any atom is -0.322 e. The van der Waals surface area contributed by atoms with E-state index in [-0.39, 0.29) is 22.5 Å². The fourth-order valence-electron chi connectivity index (χ4n) is 3.59. The maximum atomic E-state index is 14.4. The summed E-state index contributed by atoms with van der Waals surface area (Å²) in [6.07, 6.45) is -12.5. The zero-order valence-corrected chi connectivity index (χ0v) is 19.3. The molecule has 0 fully saturated rings. The second-order valence-electron chi connectivity index (χ2n) is 8.12. The molecule has 0 atom stereocenters. The Balaban J connectivity index is 1.78. The summed E-state index contributed by atoms with van der Waals surface area (Å²) in [5, 5.41) is 7.46. The zero-order valence-electron chi connectivity index (χ0n) is 19.3. The summed E-state index contributed by atoms with van der Waals surface area (Å²) in [6, 6.07) is 14.3. The van der Waals surface area contributed by atoms with Crippen LogP contribution in [0.5, 0.6) is 0 Å². The van der Waals surface area contributed by atoms with E-state index < -0.39 is 35.5 Å². The van der Waals surface area contributed by atoms with Gasteiger partial charge in [-0.15, -0.1) is 0 Å². The molecule has 3 N–H and O–H groups in total. The van der Waals surface area contributed by atoms with Gasteiger partial charge in [-0.25, -0.2) is 9.18 Å². The monoisotopic (exact) mass is 527 g/mol. The van der Waals surface area contributed by atoms with E-state index in [1.54, 1.807) is 36.4 Å². The minimum atomic E-state index is -6.25. The Kier molecular flexibility index (Phi) is 7.51. The van der Waals surface area contributed by atoms with Crippen molar-refractivity contribution in [3.63, 3.8) is 0 Å². The summed E-state index contributed by atoms with van der Waals surface area (Å²) in [7, 11) is 0. The van der Waals surface area contributed by atoms with Crippen molar-refractivity contribution >= 4 is 29.0 Å². The molecule has 3 aromatic carbocycles. The normalized spacial score (nSPS) is 12.1. The molecule has 0 saturated carbocycles. The number of hydrogen-bond acceptors (Lipinski definition) is 2. The lowest BCUT2D eigenvalue weighted by Gasteiger charge is -2.31. The lowest BCUT2D eigenvalue weighted by molar-refractivity contribution is -0.348. The van der Waals surface area contributed by atoms with Crippen LogP contribution in [0.2, 0.25) is 0 Å². The van der Waals surface area contributed by atoms with Gasteiger partial charge in [-0.3, -0.25) is 4.79 Å². The van der Waals surface area contributed by atoms with Crippen molar-refractivity contribution in [2.45, 2.75) is 31.9 Å². The molecule has 0 saturated heterocycles. The smallest absolute Gasteiger partial charge is 0.322 e. The van der Waals surface area contributed by atoms with Crippen LogP contribution in [0.25, 0.3) is 0 Å². The molecular formula is C25H20F7N3O2. The van der Waals surface area contributed by atoms with E-state index in [1.165, 1.54) is 18.2 Å². The quantitative estimate of drug-likeness (QED) is 0.301. The fourth-order valence-corrected chi connectivity index (χ4v) is 3.59. The van der Waals surface area contributed by atoms with Crippen LogP contribution < -0.4 is 16.0 Å². The Morgan fingerprint density at radius 1 is 0.649 bits per heavy atom. The molecule has 0 unspecified atom stereocenters. The summed E-state index contributed by atoms with van der Waals surface area (Å²) < 4.78 is 93.1. The lowest BCUT2D eigenvalue weighted by atomic mass is 9.90. The number of amides is 3.